The summed E-state index contributed by atoms with van der Waals surface area (Å²) in [5.41, 5.74) is 0.993. The molecule has 2 aromatic rings. The van der Waals surface area contributed by atoms with Gasteiger partial charge in [0.25, 0.3) is 0 Å². The van der Waals surface area contributed by atoms with E-state index in [4.69, 9.17) is 23.2 Å². The molecule has 0 aliphatic rings. The van der Waals surface area contributed by atoms with Crippen LogP contribution in [0.25, 0.3) is 0 Å². The molecule has 2 aromatic carbocycles. The van der Waals surface area contributed by atoms with Gasteiger partial charge in [-0.2, -0.15) is 0 Å². The van der Waals surface area contributed by atoms with Gasteiger partial charge in [-0.25, -0.2) is 4.39 Å². The second kappa shape index (κ2) is 7.24. The Morgan fingerprint density at radius 1 is 0.955 bits per heavy atom. The SMILES string of the molecule is O=C(NCc1ccc(F)cc1)C(=O)Nc1cc(Cl)cc(Cl)c1. The highest BCUT2D eigenvalue weighted by Gasteiger charge is 2.13. The van der Waals surface area contributed by atoms with Gasteiger partial charge in [0.2, 0.25) is 0 Å². The summed E-state index contributed by atoms with van der Waals surface area (Å²) in [5.74, 6) is -2.04. The van der Waals surface area contributed by atoms with Crippen LogP contribution in [0.4, 0.5) is 10.1 Å². The first kappa shape index (κ1) is 16.3. The Hall–Kier alpha value is -2.11. The van der Waals surface area contributed by atoms with E-state index in [0.29, 0.717) is 21.3 Å². The summed E-state index contributed by atoms with van der Waals surface area (Å²) >= 11 is 11.6. The van der Waals surface area contributed by atoms with Gasteiger partial charge in [0.05, 0.1) is 0 Å². The molecule has 0 aliphatic heterocycles. The van der Waals surface area contributed by atoms with Gasteiger partial charge in [-0.1, -0.05) is 35.3 Å². The summed E-state index contributed by atoms with van der Waals surface area (Å²) in [6, 6.07) is 10.0. The third-order valence-corrected chi connectivity index (χ3v) is 3.13. The average molecular weight is 341 g/mol. The quantitative estimate of drug-likeness (QED) is 0.841. The molecule has 2 amide bonds. The molecule has 22 heavy (non-hydrogen) atoms. The minimum atomic E-state index is -0.847. The van der Waals surface area contributed by atoms with Crippen molar-refractivity contribution in [2.45, 2.75) is 6.54 Å². The van der Waals surface area contributed by atoms with Crippen LogP contribution in [-0.2, 0) is 16.1 Å². The first-order valence-corrected chi connectivity index (χ1v) is 6.99. The first-order chi connectivity index (χ1) is 10.4. The minimum absolute atomic E-state index is 0.114. The van der Waals surface area contributed by atoms with Crippen molar-refractivity contribution in [3.05, 3.63) is 63.9 Å². The van der Waals surface area contributed by atoms with Crippen LogP contribution < -0.4 is 10.6 Å². The zero-order valence-corrected chi connectivity index (χ0v) is 12.7. The van der Waals surface area contributed by atoms with Gasteiger partial charge in [-0.05, 0) is 35.9 Å². The number of anilines is 1. The fraction of sp³-hybridized carbons (Fsp3) is 0.0667. The smallest absolute Gasteiger partial charge is 0.313 e. The number of rotatable bonds is 3. The van der Waals surface area contributed by atoms with E-state index >= 15 is 0 Å². The lowest BCUT2D eigenvalue weighted by atomic mass is 10.2. The molecule has 0 fully saturated rings. The number of halogens is 3. The van der Waals surface area contributed by atoms with Crippen molar-refractivity contribution in [3.8, 4) is 0 Å². The summed E-state index contributed by atoms with van der Waals surface area (Å²) < 4.78 is 12.7. The van der Waals surface area contributed by atoms with Gasteiger partial charge in [0.1, 0.15) is 5.82 Å². The Bertz CT molecular complexity index is 685. The topological polar surface area (TPSA) is 58.2 Å². The Kier molecular flexibility index (Phi) is 5.35. The van der Waals surface area contributed by atoms with Gasteiger partial charge >= 0.3 is 11.8 Å². The predicted octanol–water partition coefficient (Wildman–Crippen LogP) is 3.39. The van der Waals surface area contributed by atoms with E-state index in [1.165, 1.54) is 42.5 Å². The summed E-state index contributed by atoms with van der Waals surface area (Å²) in [4.78, 5) is 23.4. The van der Waals surface area contributed by atoms with Crippen molar-refractivity contribution in [2.24, 2.45) is 0 Å². The van der Waals surface area contributed by atoms with Gasteiger partial charge in [-0.3, -0.25) is 9.59 Å². The zero-order chi connectivity index (χ0) is 16.1. The first-order valence-electron chi connectivity index (χ1n) is 6.24. The van der Waals surface area contributed by atoms with E-state index in [1.54, 1.807) is 0 Å². The highest BCUT2D eigenvalue weighted by atomic mass is 35.5. The lowest BCUT2D eigenvalue weighted by Crippen LogP contribution is -2.34. The normalized spacial score (nSPS) is 10.1. The van der Waals surface area contributed by atoms with Crippen LogP contribution in [0.15, 0.2) is 42.5 Å². The van der Waals surface area contributed by atoms with Gasteiger partial charge in [-0.15, -0.1) is 0 Å². The van der Waals surface area contributed by atoms with Crippen LogP contribution in [0.1, 0.15) is 5.56 Å². The fourth-order valence-corrected chi connectivity index (χ4v) is 2.20. The molecular formula is C15H11Cl2FN2O2. The molecule has 0 aliphatic carbocycles. The van der Waals surface area contributed by atoms with Gasteiger partial charge < -0.3 is 10.6 Å². The molecule has 0 unspecified atom stereocenters. The molecule has 7 heteroatoms. The predicted molar refractivity (Wildman–Crippen MR) is 83.3 cm³/mol. The Morgan fingerprint density at radius 3 is 2.14 bits per heavy atom. The lowest BCUT2D eigenvalue weighted by Gasteiger charge is -2.07. The van der Waals surface area contributed by atoms with Crippen molar-refractivity contribution < 1.29 is 14.0 Å². The zero-order valence-electron chi connectivity index (χ0n) is 11.2. The highest BCUT2D eigenvalue weighted by molar-refractivity contribution is 6.40. The largest absolute Gasteiger partial charge is 0.344 e. The average Bonchev–Trinajstić information content (AvgIpc) is 2.45. The van der Waals surface area contributed by atoms with Gasteiger partial charge in [0.15, 0.2) is 0 Å². The second-order valence-corrected chi connectivity index (χ2v) is 5.29. The maximum Gasteiger partial charge on any atom is 0.313 e. The molecule has 0 heterocycles. The fourth-order valence-electron chi connectivity index (χ4n) is 1.68. The number of carbonyl (C=O) groups is 2. The van der Waals surface area contributed by atoms with E-state index in [1.807, 2.05) is 0 Å². The van der Waals surface area contributed by atoms with E-state index in [-0.39, 0.29) is 12.4 Å². The Morgan fingerprint density at radius 2 is 1.55 bits per heavy atom. The number of benzene rings is 2. The van der Waals surface area contributed by atoms with E-state index < -0.39 is 11.8 Å². The molecule has 0 radical (unpaired) electrons. The summed E-state index contributed by atoms with van der Waals surface area (Å²) in [6.45, 7) is 0.114. The summed E-state index contributed by atoms with van der Waals surface area (Å²) in [6.07, 6.45) is 0. The summed E-state index contributed by atoms with van der Waals surface area (Å²) in [5, 5.41) is 5.50. The molecule has 0 saturated heterocycles. The van der Waals surface area contributed by atoms with Crippen molar-refractivity contribution in [3.63, 3.8) is 0 Å². The number of hydrogen-bond donors (Lipinski definition) is 2. The summed E-state index contributed by atoms with van der Waals surface area (Å²) in [7, 11) is 0. The van der Waals surface area contributed by atoms with E-state index in [2.05, 4.69) is 10.6 Å². The number of carbonyl (C=O) groups excluding carboxylic acids is 2. The molecule has 114 valence electrons. The number of amides is 2. The van der Waals surface area contributed by atoms with Gasteiger partial charge in [0, 0.05) is 22.3 Å². The number of nitrogens with one attached hydrogen (secondary N) is 2. The van der Waals surface area contributed by atoms with Crippen molar-refractivity contribution in [1.29, 1.82) is 0 Å². The second-order valence-electron chi connectivity index (χ2n) is 4.42. The Balaban J connectivity index is 1.91. The lowest BCUT2D eigenvalue weighted by molar-refractivity contribution is -0.136. The van der Waals surface area contributed by atoms with Crippen molar-refractivity contribution >= 4 is 40.7 Å². The molecule has 0 atom stereocenters. The molecule has 2 N–H and O–H groups in total. The molecule has 0 aromatic heterocycles. The third-order valence-electron chi connectivity index (χ3n) is 2.69. The van der Waals surface area contributed by atoms with Crippen molar-refractivity contribution in [1.82, 2.24) is 5.32 Å². The molecule has 0 bridgehead atoms. The maximum absolute atomic E-state index is 12.7. The van der Waals surface area contributed by atoms with Crippen LogP contribution in [0.5, 0.6) is 0 Å². The molecular weight excluding hydrogens is 330 g/mol. The van der Waals surface area contributed by atoms with Crippen molar-refractivity contribution in [2.75, 3.05) is 5.32 Å². The van der Waals surface area contributed by atoms with E-state index in [9.17, 15) is 14.0 Å². The van der Waals surface area contributed by atoms with Crippen LogP contribution in [0.3, 0.4) is 0 Å². The monoisotopic (exact) mass is 340 g/mol. The van der Waals surface area contributed by atoms with Crippen LogP contribution >= 0.6 is 23.2 Å². The Labute approximate surface area is 136 Å². The molecule has 0 spiro atoms. The van der Waals surface area contributed by atoms with Crippen LogP contribution in [0.2, 0.25) is 10.0 Å². The third kappa shape index (κ3) is 4.72. The molecule has 0 saturated carbocycles. The highest BCUT2D eigenvalue weighted by Crippen LogP contribution is 2.22. The molecule has 2 rings (SSSR count). The van der Waals surface area contributed by atoms with Crippen LogP contribution in [-0.4, -0.2) is 11.8 Å². The molecule has 4 nitrogen and oxygen atoms in total. The standard InChI is InChI=1S/C15H11Cl2FN2O2/c16-10-5-11(17)7-13(6-10)20-15(22)14(21)19-8-9-1-3-12(18)4-2-9/h1-7H,8H2,(H,19,21)(H,20,22). The van der Waals surface area contributed by atoms with Crippen LogP contribution in [0, 0.1) is 5.82 Å². The maximum atomic E-state index is 12.7. The number of hydrogen-bond acceptors (Lipinski definition) is 2. The van der Waals surface area contributed by atoms with E-state index in [0.717, 1.165) is 0 Å². The minimum Gasteiger partial charge on any atom is -0.344 e.